The lowest BCUT2D eigenvalue weighted by Crippen LogP contribution is -2.20. The largest absolute Gasteiger partial charge is 0.478 e. The molecule has 1 aliphatic rings. The normalized spacial score (nSPS) is 16.7. The fraction of sp³-hybridized carbons (Fsp3) is 0.583. The summed E-state index contributed by atoms with van der Waals surface area (Å²) in [4.78, 5) is 18.6. The highest BCUT2D eigenvalue weighted by molar-refractivity contribution is 5.88. The molecular weight excluding hydrogens is 236 g/mol. The number of hydrogen-bond acceptors (Lipinski definition) is 5. The van der Waals surface area contributed by atoms with Crippen molar-refractivity contribution in [2.75, 3.05) is 19.8 Å². The third kappa shape index (κ3) is 3.48. The van der Waals surface area contributed by atoms with Crippen molar-refractivity contribution in [1.29, 1.82) is 0 Å². The maximum Gasteiger partial charge on any atom is 0.339 e. The van der Waals surface area contributed by atoms with Crippen LogP contribution in [-0.4, -0.2) is 40.9 Å². The molecule has 2 rings (SSSR count). The summed E-state index contributed by atoms with van der Waals surface area (Å²) in [5, 5.41) is 8.96. The number of carbonyl (C=O) groups is 1. The van der Waals surface area contributed by atoms with E-state index in [-0.39, 0.29) is 12.2 Å². The lowest BCUT2D eigenvalue weighted by Gasteiger charge is -2.21. The Morgan fingerprint density at radius 3 is 3.00 bits per heavy atom. The molecule has 0 bridgehead atoms. The number of hydrogen-bond donors (Lipinski definition) is 1. The van der Waals surface area contributed by atoms with Crippen molar-refractivity contribution in [2.24, 2.45) is 5.92 Å². The second kappa shape index (κ2) is 6.42. The van der Waals surface area contributed by atoms with Gasteiger partial charge in [0.25, 0.3) is 0 Å². The second-order valence-corrected chi connectivity index (χ2v) is 4.26. The van der Waals surface area contributed by atoms with Gasteiger partial charge in [-0.2, -0.15) is 0 Å². The molecule has 18 heavy (non-hydrogen) atoms. The van der Waals surface area contributed by atoms with Crippen molar-refractivity contribution >= 4 is 5.97 Å². The first kappa shape index (κ1) is 12.9. The Hall–Kier alpha value is -1.53. The topological polar surface area (TPSA) is 81.5 Å². The molecule has 1 aromatic heterocycles. The molecule has 0 aromatic carbocycles. The Bertz CT molecular complexity index is 405. The minimum atomic E-state index is -1.03. The summed E-state index contributed by atoms with van der Waals surface area (Å²) in [6, 6.07) is 0. The van der Waals surface area contributed by atoms with Crippen LogP contribution in [0.5, 0.6) is 0 Å². The zero-order valence-corrected chi connectivity index (χ0v) is 10.0. The third-order valence-electron chi connectivity index (χ3n) is 2.96. The first-order valence-corrected chi connectivity index (χ1v) is 5.95. The smallest absolute Gasteiger partial charge is 0.339 e. The van der Waals surface area contributed by atoms with E-state index in [1.807, 2.05) is 0 Å². The fourth-order valence-corrected chi connectivity index (χ4v) is 1.88. The summed E-state index contributed by atoms with van der Waals surface area (Å²) in [5.74, 6) is -0.533. The molecule has 6 nitrogen and oxygen atoms in total. The number of aromatic nitrogens is 2. The molecule has 1 saturated heterocycles. The number of carboxylic acids is 1. The number of ether oxygens (including phenoxy) is 2. The molecule has 0 amide bonds. The third-order valence-corrected chi connectivity index (χ3v) is 2.96. The molecule has 1 fully saturated rings. The van der Waals surface area contributed by atoms with Gasteiger partial charge < -0.3 is 14.6 Å². The maximum atomic E-state index is 10.9. The molecule has 0 unspecified atom stereocenters. The number of rotatable bonds is 5. The first-order valence-electron chi connectivity index (χ1n) is 5.95. The minimum absolute atomic E-state index is 0.101. The number of aromatic carboxylic acids is 1. The molecule has 0 spiro atoms. The van der Waals surface area contributed by atoms with Gasteiger partial charge in [-0.1, -0.05) is 0 Å². The van der Waals surface area contributed by atoms with E-state index in [1.165, 1.54) is 12.5 Å². The summed E-state index contributed by atoms with van der Waals surface area (Å²) in [7, 11) is 0. The lowest BCUT2D eigenvalue weighted by atomic mass is 10.0. The average molecular weight is 252 g/mol. The van der Waals surface area contributed by atoms with Crippen molar-refractivity contribution in [3.8, 4) is 0 Å². The average Bonchev–Trinajstić information content (AvgIpc) is 2.40. The van der Waals surface area contributed by atoms with Gasteiger partial charge in [-0.25, -0.2) is 14.8 Å². The van der Waals surface area contributed by atoms with Crippen LogP contribution < -0.4 is 0 Å². The van der Waals surface area contributed by atoms with Gasteiger partial charge in [0.1, 0.15) is 11.9 Å². The molecule has 0 aliphatic carbocycles. The van der Waals surface area contributed by atoms with Gasteiger partial charge in [0.15, 0.2) is 0 Å². The monoisotopic (exact) mass is 252 g/mol. The summed E-state index contributed by atoms with van der Waals surface area (Å²) in [6.45, 7) is 2.39. The second-order valence-electron chi connectivity index (χ2n) is 4.26. The van der Waals surface area contributed by atoms with Crippen molar-refractivity contribution in [1.82, 2.24) is 9.97 Å². The quantitative estimate of drug-likeness (QED) is 0.845. The minimum Gasteiger partial charge on any atom is -0.478 e. The Morgan fingerprint density at radius 2 is 2.28 bits per heavy atom. The van der Waals surface area contributed by atoms with E-state index < -0.39 is 5.97 Å². The number of carboxylic acid groups (broad SMARTS) is 1. The molecule has 1 N–H and O–H groups in total. The van der Waals surface area contributed by atoms with Crippen molar-refractivity contribution < 1.29 is 19.4 Å². The van der Waals surface area contributed by atoms with E-state index in [0.717, 1.165) is 26.1 Å². The Balaban J connectivity index is 1.84. The van der Waals surface area contributed by atoms with E-state index in [2.05, 4.69) is 9.97 Å². The van der Waals surface area contributed by atoms with Crippen LogP contribution in [0.15, 0.2) is 12.5 Å². The zero-order chi connectivity index (χ0) is 12.8. The van der Waals surface area contributed by atoms with Crippen LogP contribution in [-0.2, 0) is 16.1 Å². The van der Waals surface area contributed by atoms with Crippen LogP contribution in [0, 0.1) is 5.92 Å². The maximum absolute atomic E-state index is 10.9. The molecule has 1 aliphatic heterocycles. The molecule has 0 radical (unpaired) electrons. The van der Waals surface area contributed by atoms with Crippen LogP contribution in [0.3, 0.4) is 0 Å². The zero-order valence-electron chi connectivity index (χ0n) is 10.0. The Kier molecular flexibility index (Phi) is 4.60. The van der Waals surface area contributed by atoms with Gasteiger partial charge in [-0.15, -0.1) is 0 Å². The summed E-state index contributed by atoms with van der Waals surface area (Å²) in [5.41, 5.74) is 0.522. The molecule has 1 aromatic rings. The molecule has 6 heteroatoms. The molecule has 0 saturated carbocycles. The van der Waals surface area contributed by atoms with Crippen LogP contribution >= 0.6 is 0 Å². The molecule has 98 valence electrons. The van der Waals surface area contributed by atoms with Crippen LogP contribution in [0.25, 0.3) is 0 Å². The van der Waals surface area contributed by atoms with Crippen molar-refractivity contribution in [3.05, 3.63) is 23.8 Å². The van der Waals surface area contributed by atoms with Gasteiger partial charge in [-0.3, -0.25) is 0 Å². The number of nitrogens with zero attached hydrogens (tertiary/aromatic N) is 2. The van der Waals surface area contributed by atoms with Gasteiger partial charge in [0, 0.05) is 19.4 Å². The lowest BCUT2D eigenvalue weighted by molar-refractivity contribution is 0.0147. The Morgan fingerprint density at radius 1 is 1.50 bits per heavy atom. The highest BCUT2D eigenvalue weighted by Crippen LogP contribution is 2.15. The molecule has 2 heterocycles. The first-order chi connectivity index (χ1) is 8.77. The van der Waals surface area contributed by atoms with Gasteiger partial charge in [-0.05, 0) is 18.8 Å². The van der Waals surface area contributed by atoms with E-state index in [9.17, 15) is 4.79 Å². The molecular formula is C12H16N2O4. The SMILES string of the molecule is O=C(O)c1cncnc1COCC1CCOCC1. The van der Waals surface area contributed by atoms with Crippen LogP contribution in [0.4, 0.5) is 0 Å². The van der Waals surface area contributed by atoms with Crippen LogP contribution in [0.2, 0.25) is 0 Å². The van der Waals surface area contributed by atoms with E-state index >= 15 is 0 Å². The highest BCUT2D eigenvalue weighted by atomic mass is 16.5. The predicted octanol–water partition coefficient (Wildman–Crippen LogP) is 1.12. The van der Waals surface area contributed by atoms with Gasteiger partial charge in [0.2, 0.25) is 0 Å². The van der Waals surface area contributed by atoms with Crippen LogP contribution in [0.1, 0.15) is 28.9 Å². The predicted molar refractivity (Wildman–Crippen MR) is 62.2 cm³/mol. The van der Waals surface area contributed by atoms with E-state index in [4.69, 9.17) is 14.6 Å². The standard InChI is InChI=1S/C12H16N2O4/c15-12(16)10-5-13-8-14-11(10)7-18-6-9-1-3-17-4-2-9/h5,8-9H,1-4,6-7H2,(H,15,16). The van der Waals surface area contributed by atoms with E-state index in [1.54, 1.807) is 0 Å². The fourth-order valence-electron chi connectivity index (χ4n) is 1.88. The molecule has 0 atom stereocenters. The van der Waals surface area contributed by atoms with Gasteiger partial charge >= 0.3 is 5.97 Å². The summed E-state index contributed by atoms with van der Waals surface area (Å²) < 4.78 is 10.8. The summed E-state index contributed by atoms with van der Waals surface area (Å²) >= 11 is 0. The van der Waals surface area contributed by atoms with Crippen molar-refractivity contribution in [3.63, 3.8) is 0 Å². The van der Waals surface area contributed by atoms with E-state index in [0.29, 0.717) is 18.2 Å². The Labute approximate surface area is 105 Å². The van der Waals surface area contributed by atoms with Gasteiger partial charge in [0.05, 0.1) is 18.9 Å². The highest BCUT2D eigenvalue weighted by Gasteiger charge is 2.15. The van der Waals surface area contributed by atoms with Crippen molar-refractivity contribution in [2.45, 2.75) is 19.4 Å². The summed E-state index contributed by atoms with van der Waals surface area (Å²) in [6.07, 6.45) is 4.62.